The lowest BCUT2D eigenvalue weighted by atomic mass is 10.2. The fraction of sp³-hybridized carbons (Fsp3) is 0.583. The second-order valence-corrected chi connectivity index (χ2v) is 5.11. The van der Waals surface area contributed by atoms with Gasteiger partial charge in [0.1, 0.15) is 0 Å². The van der Waals surface area contributed by atoms with E-state index in [1.807, 2.05) is 4.90 Å². The first-order valence-electron chi connectivity index (χ1n) is 6.36. The third kappa shape index (κ3) is 2.90. The van der Waals surface area contributed by atoms with Gasteiger partial charge in [-0.25, -0.2) is 9.97 Å². The Kier molecular flexibility index (Phi) is 4.27. The van der Waals surface area contributed by atoms with E-state index >= 15 is 0 Å². The number of piperazine rings is 1. The van der Waals surface area contributed by atoms with E-state index in [2.05, 4.69) is 9.97 Å². The SMILES string of the molecule is Cl.O=CN1C2CCC1CN(c1ncc(C(F)(F)F)cn1)C2. The molecule has 116 valence electrons. The molecule has 1 amide bonds. The summed E-state index contributed by atoms with van der Waals surface area (Å²) >= 11 is 0. The molecule has 0 saturated carbocycles. The second kappa shape index (κ2) is 5.67. The summed E-state index contributed by atoms with van der Waals surface area (Å²) in [5.41, 5.74) is -0.851. The van der Waals surface area contributed by atoms with Crippen molar-refractivity contribution >= 4 is 24.8 Å². The van der Waals surface area contributed by atoms with Crippen LogP contribution in [0.3, 0.4) is 0 Å². The van der Waals surface area contributed by atoms with E-state index < -0.39 is 11.7 Å². The average molecular weight is 323 g/mol. The molecule has 2 saturated heterocycles. The highest BCUT2D eigenvalue weighted by atomic mass is 35.5. The van der Waals surface area contributed by atoms with Gasteiger partial charge in [0, 0.05) is 37.6 Å². The second-order valence-electron chi connectivity index (χ2n) is 5.11. The van der Waals surface area contributed by atoms with Crippen LogP contribution in [0.1, 0.15) is 18.4 Å². The lowest BCUT2D eigenvalue weighted by molar-refractivity contribution is -0.138. The summed E-state index contributed by atoms with van der Waals surface area (Å²) in [6.07, 6.45) is -0.130. The molecule has 2 aliphatic rings. The predicted molar refractivity (Wildman–Crippen MR) is 71.2 cm³/mol. The van der Waals surface area contributed by atoms with Crippen molar-refractivity contribution in [2.75, 3.05) is 18.0 Å². The Morgan fingerprint density at radius 1 is 1.14 bits per heavy atom. The minimum atomic E-state index is -4.42. The predicted octanol–water partition coefficient (Wildman–Crippen LogP) is 1.73. The first-order chi connectivity index (χ1) is 9.49. The van der Waals surface area contributed by atoms with Gasteiger partial charge in [-0.3, -0.25) is 4.79 Å². The van der Waals surface area contributed by atoms with Gasteiger partial charge in [-0.05, 0) is 12.8 Å². The first kappa shape index (κ1) is 15.8. The quantitative estimate of drug-likeness (QED) is 0.778. The highest BCUT2D eigenvalue weighted by Gasteiger charge is 2.40. The fourth-order valence-corrected chi connectivity index (χ4v) is 2.90. The number of carbonyl (C=O) groups excluding carboxylic acids is 1. The van der Waals surface area contributed by atoms with Crippen molar-refractivity contribution in [3.8, 4) is 0 Å². The van der Waals surface area contributed by atoms with Gasteiger partial charge in [-0.2, -0.15) is 13.2 Å². The lowest BCUT2D eigenvalue weighted by Crippen LogP contribution is -2.53. The number of amides is 1. The van der Waals surface area contributed by atoms with Crippen LogP contribution in [0.25, 0.3) is 0 Å². The first-order valence-corrected chi connectivity index (χ1v) is 6.36. The molecule has 0 N–H and O–H groups in total. The van der Waals surface area contributed by atoms with Crippen LogP contribution in [0.15, 0.2) is 12.4 Å². The van der Waals surface area contributed by atoms with Crippen molar-refractivity contribution in [3.05, 3.63) is 18.0 Å². The van der Waals surface area contributed by atoms with E-state index in [1.165, 1.54) is 0 Å². The molecule has 5 nitrogen and oxygen atoms in total. The van der Waals surface area contributed by atoms with E-state index in [-0.39, 0.29) is 24.5 Å². The van der Waals surface area contributed by atoms with Crippen LogP contribution < -0.4 is 4.90 Å². The van der Waals surface area contributed by atoms with Crippen molar-refractivity contribution in [1.82, 2.24) is 14.9 Å². The number of carbonyl (C=O) groups is 1. The van der Waals surface area contributed by atoms with Gasteiger partial charge < -0.3 is 9.80 Å². The summed E-state index contributed by atoms with van der Waals surface area (Å²) in [6, 6.07) is 0.217. The molecule has 3 heterocycles. The molecule has 2 unspecified atom stereocenters. The van der Waals surface area contributed by atoms with E-state index in [0.717, 1.165) is 31.6 Å². The van der Waals surface area contributed by atoms with Gasteiger partial charge in [-0.15, -0.1) is 12.4 Å². The topological polar surface area (TPSA) is 49.3 Å². The number of rotatable bonds is 2. The van der Waals surface area contributed by atoms with E-state index in [9.17, 15) is 18.0 Å². The number of fused-ring (bicyclic) bond motifs is 2. The van der Waals surface area contributed by atoms with E-state index in [0.29, 0.717) is 19.0 Å². The van der Waals surface area contributed by atoms with Gasteiger partial charge in [0.25, 0.3) is 0 Å². The number of alkyl halides is 3. The van der Waals surface area contributed by atoms with E-state index in [4.69, 9.17) is 0 Å². The Balaban J connectivity index is 0.00000161. The number of halogens is 4. The molecule has 0 aromatic carbocycles. The van der Waals surface area contributed by atoms with Crippen LogP contribution in [0.2, 0.25) is 0 Å². The summed E-state index contributed by atoms with van der Waals surface area (Å²) in [6.45, 7) is 1.14. The molecule has 3 rings (SSSR count). The molecule has 1 aromatic heterocycles. The lowest BCUT2D eigenvalue weighted by Gasteiger charge is -2.38. The Morgan fingerprint density at radius 3 is 2.10 bits per heavy atom. The van der Waals surface area contributed by atoms with Crippen LogP contribution in [-0.2, 0) is 11.0 Å². The summed E-state index contributed by atoms with van der Waals surface area (Å²) in [4.78, 5) is 22.2. The maximum absolute atomic E-state index is 12.5. The molecule has 2 atom stereocenters. The number of aromatic nitrogens is 2. The van der Waals surface area contributed by atoms with Gasteiger partial charge in [0.2, 0.25) is 12.4 Å². The van der Waals surface area contributed by atoms with Gasteiger partial charge in [0.15, 0.2) is 0 Å². The van der Waals surface area contributed by atoms with Crippen LogP contribution in [0, 0.1) is 0 Å². The minimum Gasteiger partial charge on any atom is -0.337 e. The summed E-state index contributed by atoms with van der Waals surface area (Å²) in [5, 5.41) is 0. The standard InChI is InChI=1S/C12H13F3N4O.ClH/c13-12(14,15)8-3-16-11(17-4-8)18-5-9-1-2-10(6-18)19(9)7-20;/h3-4,7,9-10H,1-2,5-6H2;1H. The molecule has 0 spiro atoms. The van der Waals surface area contributed by atoms with Gasteiger partial charge >= 0.3 is 6.18 Å². The molecule has 2 fully saturated rings. The van der Waals surface area contributed by atoms with Crippen molar-refractivity contribution in [1.29, 1.82) is 0 Å². The molecule has 0 aliphatic carbocycles. The summed E-state index contributed by atoms with van der Waals surface area (Å²) < 4.78 is 37.4. The van der Waals surface area contributed by atoms with Crippen molar-refractivity contribution in [3.63, 3.8) is 0 Å². The molecular weight excluding hydrogens is 309 g/mol. The summed E-state index contributed by atoms with van der Waals surface area (Å²) in [5.74, 6) is 0.292. The number of nitrogens with zero attached hydrogens (tertiary/aromatic N) is 4. The molecular formula is C12H14ClF3N4O. The highest BCUT2D eigenvalue weighted by molar-refractivity contribution is 5.85. The number of hydrogen-bond acceptors (Lipinski definition) is 4. The maximum Gasteiger partial charge on any atom is 0.419 e. The molecule has 2 aliphatic heterocycles. The van der Waals surface area contributed by atoms with Crippen molar-refractivity contribution in [2.24, 2.45) is 0 Å². The Labute approximate surface area is 125 Å². The third-order valence-electron chi connectivity index (χ3n) is 3.91. The average Bonchev–Trinajstić information content (AvgIpc) is 2.66. The smallest absolute Gasteiger partial charge is 0.337 e. The molecule has 0 radical (unpaired) electrons. The zero-order chi connectivity index (χ0) is 14.3. The molecule has 21 heavy (non-hydrogen) atoms. The van der Waals surface area contributed by atoms with Crippen LogP contribution in [0.5, 0.6) is 0 Å². The van der Waals surface area contributed by atoms with E-state index in [1.54, 1.807) is 4.90 Å². The zero-order valence-electron chi connectivity index (χ0n) is 11.0. The highest BCUT2D eigenvalue weighted by Crippen LogP contribution is 2.31. The molecule has 1 aromatic rings. The van der Waals surface area contributed by atoms with Gasteiger partial charge in [-0.1, -0.05) is 0 Å². The Bertz CT molecular complexity index is 496. The summed E-state index contributed by atoms with van der Waals surface area (Å²) in [7, 11) is 0. The van der Waals surface area contributed by atoms with Crippen LogP contribution in [0.4, 0.5) is 19.1 Å². The monoisotopic (exact) mass is 322 g/mol. The van der Waals surface area contributed by atoms with Crippen molar-refractivity contribution in [2.45, 2.75) is 31.1 Å². The maximum atomic E-state index is 12.5. The number of anilines is 1. The number of hydrogen-bond donors (Lipinski definition) is 0. The zero-order valence-corrected chi connectivity index (χ0v) is 11.8. The van der Waals surface area contributed by atoms with Crippen LogP contribution >= 0.6 is 12.4 Å². The van der Waals surface area contributed by atoms with Crippen molar-refractivity contribution < 1.29 is 18.0 Å². The molecule has 2 bridgehead atoms. The third-order valence-corrected chi connectivity index (χ3v) is 3.91. The Hall–Kier alpha value is -1.57. The normalized spacial score (nSPS) is 24.7. The fourth-order valence-electron chi connectivity index (χ4n) is 2.90. The largest absolute Gasteiger partial charge is 0.419 e. The Morgan fingerprint density at radius 2 is 1.67 bits per heavy atom. The van der Waals surface area contributed by atoms with Gasteiger partial charge in [0.05, 0.1) is 5.56 Å². The molecule has 9 heteroatoms. The minimum absolute atomic E-state index is 0. The van der Waals surface area contributed by atoms with Crippen LogP contribution in [-0.4, -0.2) is 46.5 Å².